The van der Waals surface area contributed by atoms with Gasteiger partial charge in [-0.05, 0) is 31.9 Å². The number of hydrogen-bond donors (Lipinski definition) is 3. The van der Waals surface area contributed by atoms with Crippen LogP contribution < -0.4 is 16.4 Å². The van der Waals surface area contributed by atoms with E-state index in [4.69, 9.17) is 9.40 Å². The molecule has 4 aromatic heterocycles. The molecular weight excluding hydrogens is 430 g/mol. The smallest absolute Gasteiger partial charge is 0.388 e. The van der Waals surface area contributed by atoms with Crippen LogP contribution in [0.3, 0.4) is 0 Å². The highest BCUT2D eigenvalue weighted by molar-refractivity contribution is 7.13. The first-order chi connectivity index (χ1) is 15.6. The fourth-order valence-corrected chi connectivity index (χ4v) is 4.22. The van der Waals surface area contributed by atoms with E-state index in [0.29, 0.717) is 23.8 Å². The highest BCUT2D eigenvalue weighted by Crippen LogP contribution is 2.43. The molecule has 0 atom stereocenters. The van der Waals surface area contributed by atoms with E-state index in [0.717, 1.165) is 40.2 Å². The molecule has 32 heavy (non-hydrogen) atoms. The fraction of sp³-hybridized carbons (Fsp3) is 0.238. The summed E-state index contributed by atoms with van der Waals surface area (Å²) < 4.78 is 5.06. The summed E-state index contributed by atoms with van der Waals surface area (Å²) >= 11 is 1.56. The Morgan fingerprint density at radius 2 is 2.06 bits per heavy atom. The molecule has 0 saturated heterocycles. The van der Waals surface area contributed by atoms with Crippen LogP contribution in [0.1, 0.15) is 31.4 Å². The summed E-state index contributed by atoms with van der Waals surface area (Å²) in [4.78, 5) is 36.8. The first-order valence-electron chi connectivity index (χ1n) is 10.1. The lowest BCUT2D eigenvalue weighted by atomic mass is 10.0. The summed E-state index contributed by atoms with van der Waals surface area (Å²) in [5.74, 6) is 0.466. The number of amides is 2. The van der Waals surface area contributed by atoms with Crippen LogP contribution in [0.4, 0.5) is 10.6 Å². The van der Waals surface area contributed by atoms with E-state index in [9.17, 15) is 9.59 Å². The minimum atomic E-state index is -0.635. The van der Waals surface area contributed by atoms with E-state index < -0.39 is 5.76 Å². The molecule has 0 unspecified atom stereocenters. The third-order valence-electron chi connectivity index (χ3n) is 4.97. The summed E-state index contributed by atoms with van der Waals surface area (Å²) in [6.45, 7) is 2.35. The van der Waals surface area contributed by atoms with E-state index in [1.807, 2.05) is 13.0 Å². The number of urea groups is 1. The Morgan fingerprint density at radius 1 is 1.22 bits per heavy atom. The van der Waals surface area contributed by atoms with Crippen molar-refractivity contribution in [3.05, 3.63) is 52.3 Å². The molecule has 0 aromatic carbocycles. The highest BCUT2D eigenvalue weighted by Gasteiger charge is 2.27. The normalized spacial score (nSPS) is 13.2. The van der Waals surface area contributed by atoms with Gasteiger partial charge in [0.15, 0.2) is 0 Å². The van der Waals surface area contributed by atoms with Gasteiger partial charge in [-0.1, -0.05) is 0 Å². The van der Waals surface area contributed by atoms with Crippen LogP contribution in [0, 0.1) is 0 Å². The molecule has 4 aromatic rings. The summed E-state index contributed by atoms with van der Waals surface area (Å²) in [6, 6.07) is 3.30. The lowest BCUT2D eigenvalue weighted by molar-refractivity contribution is 0.252. The molecule has 1 fully saturated rings. The molecule has 11 heteroatoms. The van der Waals surface area contributed by atoms with E-state index >= 15 is 0 Å². The van der Waals surface area contributed by atoms with Gasteiger partial charge in [0.25, 0.3) is 5.89 Å². The zero-order valence-corrected chi connectivity index (χ0v) is 17.9. The third-order valence-corrected chi connectivity index (χ3v) is 5.86. The number of hydrogen-bond acceptors (Lipinski definition) is 8. The number of aromatic amines is 1. The van der Waals surface area contributed by atoms with Gasteiger partial charge in [0.1, 0.15) is 10.8 Å². The van der Waals surface area contributed by atoms with Crippen LogP contribution in [0.15, 0.2) is 45.3 Å². The average Bonchev–Trinajstić information content (AvgIpc) is 3.36. The monoisotopic (exact) mass is 449 g/mol. The summed E-state index contributed by atoms with van der Waals surface area (Å²) in [7, 11) is 0. The number of thiazole rings is 1. The summed E-state index contributed by atoms with van der Waals surface area (Å²) in [5.41, 5.74) is 4.01. The second-order valence-electron chi connectivity index (χ2n) is 7.33. The third kappa shape index (κ3) is 4.14. The molecule has 0 bridgehead atoms. The molecule has 1 aliphatic carbocycles. The highest BCUT2D eigenvalue weighted by atomic mass is 32.1. The van der Waals surface area contributed by atoms with Gasteiger partial charge >= 0.3 is 11.8 Å². The maximum atomic E-state index is 12.0. The molecule has 5 rings (SSSR count). The molecule has 3 N–H and O–H groups in total. The van der Waals surface area contributed by atoms with Crippen molar-refractivity contribution in [3.63, 3.8) is 0 Å². The number of rotatable bonds is 6. The van der Waals surface area contributed by atoms with Crippen LogP contribution in [-0.2, 0) is 0 Å². The SMILES string of the molecule is CCNC(=O)Nc1cc(-c2nc(C3CC3)cs2)c(-c2cncc(-c3n[nH]c(=O)o3)c2)cn1. The minimum absolute atomic E-state index is 0.152. The fourth-order valence-electron chi connectivity index (χ4n) is 3.29. The van der Waals surface area contributed by atoms with Gasteiger partial charge in [-0.25, -0.2) is 24.7 Å². The molecule has 0 aliphatic heterocycles. The second kappa shape index (κ2) is 8.35. The van der Waals surface area contributed by atoms with Gasteiger partial charge in [-0.2, -0.15) is 0 Å². The number of nitrogens with zero attached hydrogens (tertiary/aromatic N) is 4. The average molecular weight is 449 g/mol. The molecule has 10 nitrogen and oxygen atoms in total. The van der Waals surface area contributed by atoms with Crippen molar-refractivity contribution < 1.29 is 9.21 Å². The Balaban J connectivity index is 1.57. The second-order valence-corrected chi connectivity index (χ2v) is 8.19. The predicted octanol–water partition coefficient (Wildman–Crippen LogP) is 3.63. The Bertz CT molecular complexity index is 1340. The van der Waals surface area contributed by atoms with Crippen LogP contribution in [0.25, 0.3) is 33.2 Å². The largest absolute Gasteiger partial charge is 0.434 e. The van der Waals surface area contributed by atoms with Crippen molar-refractivity contribution in [2.45, 2.75) is 25.7 Å². The predicted molar refractivity (Wildman–Crippen MR) is 119 cm³/mol. The molecule has 0 radical (unpaired) electrons. The number of anilines is 1. The number of carbonyl (C=O) groups is 1. The lowest BCUT2D eigenvalue weighted by Crippen LogP contribution is -2.28. The molecular formula is C21H19N7O3S. The molecule has 162 valence electrons. The van der Waals surface area contributed by atoms with Crippen LogP contribution in [0.2, 0.25) is 0 Å². The van der Waals surface area contributed by atoms with E-state index in [1.165, 1.54) is 0 Å². The maximum absolute atomic E-state index is 12.0. The van der Waals surface area contributed by atoms with Crippen molar-refractivity contribution in [1.82, 2.24) is 30.5 Å². The van der Waals surface area contributed by atoms with Crippen molar-refractivity contribution in [2.75, 3.05) is 11.9 Å². The van der Waals surface area contributed by atoms with Gasteiger partial charge in [0.2, 0.25) is 0 Å². The number of aromatic nitrogens is 5. The number of H-pyrrole nitrogens is 1. The summed E-state index contributed by atoms with van der Waals surface area (Å²) in [6.07, 6.45) is 7.27. The quantitative estimate of drug-likeness (QED) is 0.408. The zero-order chi connectivity index (χ0) is 22.1. The Labute approximate surface area is 186 Å². The maximum Gasteiger partial charge on any atom is 0.434 e. The Morgan fingerprint density at radius 3 is 2.81 bits per heavy atom. The molecule has 1 saturated carbocycles. The zero-order valence-electron chi connectivity index (χ0n) is 17.1. The summed E-state index contributed by atoms with van der Waals surface area (Å²) in [5, 5.41) is 14.5. The first kappa shape index (κ1) is 20.1. The Hall–Kier alpha value is -3.86. The number of pyridine rings is 2. The van der Waals surface area contributed by atoms with Gasteiger partial charge in [-0.3, -0.25) is 10.3 Å². The van der Waals surface area contributed by atoms with Crippen LogP contribution >= 0.6 is 11.3 Å². The van der Waals surface area contributed by atoms with Gasteiger partial charge in [0.05, 0.1) is 11.3 Å². The van der Waals surface area contributed by atoms with Gasteiger partial charge in [-0.15, -0.1) is 16.4 Å². The topological polar surface area (TPSA) is 139 Å². The number of nitrogens with one attached hydrogen (secondary N) is 3. The van der Waals surface area contributed by atoms with Crippen molar-refractivity contribution in [3.8, 4) is 33.2 Å². The van der Waals surface area contributed by atoms with E-state index in [-0.39, 0.29) is 11.9 Å². The van der Waals surface area contributed by atoms with Gasteiger partial charge in [0, 0.05) is 53.1 Å². The number of carbonyl (C=O) groups excluding carboxylic acids is 1. The first-order valence-corrected chi connectivity index (χ1v) is 11.0. The molecule has 2 amide bonds. The van der Waals surface area contributed by atoms with Crippen LogP contribution in [-0.4, -0.2) is 37.7 Å². The van der Waals surface area contributed by atoms with Crippen molar-refractivity contribution >= 4 is 23.2 Å². The van der Waals surface area contributed by atoms with Crippen LogP contribution in [0.5, 0.6) is 0 Å². The minimum Gasteiger partial charge on any atom is -0.388 e. The van der Waals surface area contributed by atoms with E-state index in [1.54, 1.807) is 36.0 Å². The van der Waals surface area contributed by atoms with Crippen molar-refractivity contribution in [2.24, 2.45) is 0 Å². The van der Waals surface area contributed by atoms with Crippen molar-refractivity contribution in [1.29, 1.82) is 0 Å². The Kier molecular flexibility index (Phi) is 5.23. The molecule has 4 heterocycles. The standard InChI is InChI=1S/C21H19N7O3S/c1-2-23-20(29)26-17-6-14(19-25-16(10-32-19)11-3-4-11)15(9-24-17)12-5-13(8-22-7-12)18-27-28-21(30)31-18/h5-11H,2-4H2,1H3,(H,28,30)(H2,23,24,26,29). The lowest BCUT2D eigenvalue weighted by Gasteiger charge is -2.11. The molecule has 1 aliphatic rings. The van der Waals surface area contributed by atoms with E-state index in [2.05, 4.69) is 36.2 Å². The molecule has 0 spiro atoms. The van der Waals surface area contributed by atoms with Gasteiger partial charge < -0.3 is 9.73 Å².